The Kier molecular flexibility index (Phi) is 5.10. The highest BCUT2D eigenvalue weighted by molar-refractivity contribution is 5.76. The van der Waals surface area contributed by atoms with Gasteiger partial charge < -0.3 is 10.6 Å². The Labute approximate surface area is 114 Å². The maximum atomic E-state index is 11.3. The summed E-state index contributed by atoms with van der Waals surface area (Å²) < 4.78 is 0. The minimum Gasteiger partial charge on any atom is -0.336 e. The SMILES string of the molecule is CC(=O)NC(NC(C)=O)C(C)(C)Cc1ccccc1. The molecule has 0 aliphatic carbocycles. The number of benzene rings is 1. The van der Waals surface area contributed by atoms with Crippen molar-refractivity contribution >= 4 is 11.8 Å². The fourth-order valence-corrected chi connectivity index (χ4v) is 2.06. The monoisotopic (exact) mass is 262 g/mol. The third-order valence-electron chi connectivity index (χ3n) is 2.98. The molecule has 1 rings (SSSR count). The summed E-state index contributed by atoms with van der Waals surface area (Å²) in [5.41, 5.74) is 0.895. The summed E-state index contributed by atoms with van der Waals surface area (Å²) in [7, 11) is 0. The van der Waals surface area contributed by atoms with Crippen molar-refractivity contribution in [3.63, 3.8) is 0 Å². The molecule has 4 heteroatoms. The topological polar surface area (TPSA) is 58.2 Å². The molecule has 0 unspecified atom stereocenters. The smallest absolute Gasteiger partial charge is 0.218 e. The van der Waals surface area contributed by atoms with E-state index >= 15 is 0 Å². The fraction of sp³-hybridized carbons (Fsp3) is 0.467. The van der Waals surface area contributed by atoms with Crippen LogP contribution in [0.4, 0.5) is 0 Å². The van der Waals surface area contributed by atoms with Gasteiger partial charge in [-0.3, -0.25) is 9.59 Å². The number of carbonyl (C=O) groups excluding carboxylic acids is 2. The Balaban J connectivity index is 2.85. The van der Waals surface area contributed by atoms with E-state index in [1.165, 1.54) is 19.4 Å². The summed E-state index contributed by atoms with van der Waals surface area (Å²) in [6.45, 7) is 6.95. The highest BCUT2D eigenvalue weighted by atomic mass is 16.2. The summed E-state index contributed by atoms with van der Waals surface area (Å²) in [6.07, 6.45) is 0.377. The second kappa shape index (κ2) is 6.36. The first-order chi connectivity index (χ1) is 8.81. The van der Waals surface area contributed by atoms with Crippen molar-refractivity contribution in [3.8, 4) is 0 Å². The van der Waals surface area contributed by atoms with E-state index in [-0.39, 0.29) is 23.4 Å². The Morgan fingerprint density at radius 3 is 1.95 bits per heavy atom. The minimum absolute atomic E-state index is 0.153. The van der Waals surface area contributed by atoms with Gasteiger partial charge in [-0.15, -0.1) is 0 Å². The fourth-order valence-electron chi connectivity index (χ4n) is 2.06. The van der Waals surface area contributed by atoms with E-state index < -0.39 is 0 Å². The molecule has 0 bridgehead atoms. The molecule has 4 nitrogen and oxygen atoms in total. The van der Waals surface area contributed by atoms with E-state index in [2.05, 4.69) is 10.6 Å². The molecule has 0 heterocycles. The number of carbonyl (C=O) groups is 2. The van der Waals surface area contributed by atoms with Crippen molar-refractivity contribution in [1.82, 2.24) is 10.6 Å². The number of hydrogen-bond acceptors (Lipinski definition) is 2. The van der Waals surface area contributed by atoms with Crippen LogP contribution in [0.15, 0.2) is 30.3 Å². The van der Waals surface area contributed by atoms with Gasteiger partial charge in [0.1, 0.15) is 6.17 Å². The van der Waals surface area contributed by atoms with E-state index in [9.17, 15) is 9.59 Å². The molecular weight excluding hydrogens is 240 g/mol. The summed E-state index contributed by atoms with van der Waals surface area (Å²) in [6, 6.07) is 10.0. The average molecular weight is 262 g/mol. The van der Waals surface area contributed by atoms with Crippen LogP contribution in [-0.2, 0) is 16.0 Å². The Hall–Kier alpha value is -1.84. The standard InChI is InChI=1S/C15H22N2O2/c1-11(18)16-14(17-12(2)19)15(3,4)10-13-8-6-5-7-9-13/h5-9,14H,10H2,1-4H3,(H,16,18)(H,17,19). The zero-order valence-electron chi connectivity index (χ0n) is 12.0. The Morgan fingerprint density at radius 1 is 1.05 bits per heavy atom. The molecule has 0 saturated heterocycles. The van der Waals surface area contributed by atoms with Crippen LogP contribution in [0.2, 0.25) is 0 Å². The van der Waals surface area contributed by atoms with Gasteiger partial charge in [0.2, 0.25) is 11.8 Å². The Morgan fingerprint density at radius 2 is 1.53 bits per heavy atom. The lowest BCUT2D eigenvalue weighted by atomic mass is 9.82. The lowest BCUT2D eigenvalue weighted by Gasteiger charge is -2.35. The molecule has 104 valence electrons. The lowest BCUT2D eigenvalue weighted by Crippen LogP contribution is -2.55. The zero-order chi connectivity index (χ0) is 14.5. The molecule has 0 atom stereocenters. The van der Waals surface area contributed by atoms with Gasteiger partial charge in [0.05, 0.1) is 0 Å². The van der Waals surface area contributed by atoms with Gasteiger partial charge >= 0.3 is 0 Å². The molecule has 0 saturated carbocycles. The van der Waals surface area contributed by atoms with E-state index in [4.69, 9.17) is 0 Å². The first-order valence-electron chi connectivity index (χ1n) is 6.39. The van der Waals surface area contributed by atoms with E-state index in [0.717, 1.165) is 6.42 Å². The van der Waals surface area contributed by atoms with Gasteiger partial charge in [0, 0.05) is 19.3 Å². The van der Waals surface area contributed by atoms with Crippen molar-refractivity contribution in [2.75, 3.05) is 0 Å². The van der Waals surface area contributed by atoms with Gasteiger partial charge in [-0.05, 0) is 12.0 Å². The van der Waals surface area contributed by atoms with E-state index in [0.29, 0.717) is 0 Å². The van der Waals surface area contributed by atoms with Crippen LogP contribution < -0.4 is 10.6 Å². The summed E-state index contributed by atoms with van der Waals surface area (Å²) in [4.78, 5) is 22.5. The average Bonchev–Trinajstić information content (AvgIpc) is 2.27. The second-order valence-corrected chi connectivity index (χ2v) is 5.49. The molecule has 19 heavy (non-hydrogen) atoms. The van der Waals surface area contributed by atoms with Crippen LogP contribution in [0.3, 0.4) is 0 Å². The largest absolute Gasteiger partial charge is 0.336 e. The third kappa shape index (κ3) is 5.12. The number of amides is 2. The number of hydrogen-bond donors (Lipinski definition) is 2. The molecule has 0 radical (unpaired) electrons. The summed E-state index contributed by atoms with van der Waals surface area (Å²) in [5.74, 6) is -0.306. The lowest BCUT2D eigenvalue weighted by molar-refractivity contribution is -0.123. The zero-order valence-corrected chi connectivity index (χ0v) is 12.0. The van der Waals surface area contributed by atoms with Crippen molar-refractivity contribution in [1.29, 1.82) is 0 Å². The molecule has 0 aromatic heterocycles. The van der Waals surface area contributed by atoms with Crippen molar-refractivity contribution in [2.24, 2.45) is 5.41 Å². The van der Waals surface area contributed by atoms with Gasteiger partial charge in [-0.1, -0.05) is 44.2 Å². The third-order valence-corrected chi connectivity index (χ3v) is 2.98. The first kappa shape index (κ1) is 15.2. The van der Waals surface area contributed by atoms with E-state index in [1.54, 1.807) is 0 Å². The number of rotatable bonds is 5. The highest BCUT2D eigenvalue weighted by Crippen LogP contribution is 2.25. The molecule has 1 aromatic carbocycles. The molecule has 0 fully saturated rings. The van der Waals surface area contributed by atoms with Crippen LogP contribution in [0.5, 0.6) is 0 Å². The van der Waals surface area contributed by atoms with Gasteiger partial charge in [0.15, 0.2) is 0 Å². The highest BCUT2D eigenvalue weighted by Gasteiger charge is 2.31. The first-order valence-corrected chi connectivity index (χ1v) is 6.39. The minimum atomic E-state index is -0.386. The molecule has 0 spiro atoms. The van der Waals surface area contributed by atoms with Gasteiger partial charge in [-0.2, -0.15) is 0 Å². The maximum absolute atomic E-state index is 11.3. The van der Waals surface area contributed by atoms with Crippen molar-refractivity contribution in [3.05, 3.63) is 35.9 Å². The van der Waals surface area contributed by atoms with Gasteiger partial charge in [-0.25, -0.2) is 0 Å². The molecule has 0 aliphatic heterocycles. The maximum Gasteiger partial charge on any atom is 0.218 e. The summed E-state index contributed by atoms with van der Waals surface area (Å²) >= 11 is 0. The van der Waals surface area contributed by atoms with Crippen LogP contribution in [-0.4, -0.2) is 18.0 Å². The predicted octanol–water partition coefficient (Wildman–Crippen LogP) is 1.85. The predicted molar refractivity (Wildman–Crippen MR) is 75.3 cm³/mol. The molecule has 2 N–H and O–H groups in total. The van der Waals surface area contributed by atoms with Crippen LogP contribution in [0.25, 0.3) is 0 Å². The molecule has 2 amide bonds. The quantitative estimate of drug-likeness (QED) is 0.796. The van der Waals surface area contributed by atoms with Crippen LogP contribution in [0.1, 0.15) is 33.3 Å². The summed E-state index contributed by atoms with van der Waals surface area (Å²) in [5, 5.41) is 5.60. The van der Waals surface area contributed by atoms with Crippen LogP contribution >= 0.6 is 0 Å². The van der Waals surface area contributed by atoms with Crippen molar-refractivity contribution in [2.45, 2.75) is 40.3 Å². The van der Waals surface area contributed by atoms with E-state index in [1.807, 2.05) is 44.2 Å². The molecule has 1 aromatic rings. The molecule has 0 aliphatic rings. The second-order valence-electron chi connectivity index (χ2n) is 5.49. The molecular formula is C15H22N2O2. The number of nitrogens with one attached hydrogen (secondary N) is 2. The normalized spacial score (nSPS) is 11.2. The van der Waals surface area contributed by atoms with Crippen LogP contribution in [0, 0.1) is 5.41 Å². The van der Waals surface area contributed by atoms with Gasteiger partial charge in [0.25, 0.3) is 0 Å². The Bertz CT molecular complexity index is 425. The van der Waals surface area contributed by atoms with Crippen molar-refractivity contribution < 1.29 is 9.59 Å².